The van der Waals surface area contributed by atoms with Crippen molar-refractivity contribution in [1.82, 2.24) is 10.9 Å². The van der Waals surface area contributed by atoms with Crippen LogP contribution in [-0.4, -0.2) is 17.6 Å². The zero-order valence-electron chi connectivity index (χ0n) is 12.4. The molecular formula is C16H13BrN4O2S. The zero-order valence-corrected chi connectivity index (χ0v) is 14.8. The summed E-state index contributed by atoms with van der Waals surface area (Å²) in [4.78, 5) is 11.8. The maximum Gasteiger partial charge on any atom is 0.276 e. The number of halogens is 1. The number of anilines is 1. The smallest absolute Gasteiger partial charge is 0.276 e. The predicted molar refractivity (Wildman–Crippen MR) is 98.3 cm³/mol. The third-order valence-corrected chi connectivity index (χ3v) is 3.46. The van der Waals surface area contributed by atoms with Crippen LogP contribution in [0.2, 0.25) is 0 Å². The normalized spacial score (nSPS) is 9.50. The van der Waals surface area contributed by atoms with Crippen molar-refractivity contribution in [2.45, 2.75) is 0 Å². The minimum absolute atomic E-state index is 0.235. The number of nitrogens with zero attached hydrogens (tertiary/aromatic N) is 1. The van der Waals surface area contributed by atoms with Gasteiger partial charge in [0.1, 0.15) is 11.8 Å². The molecule has 0 aliphatic heterocycles. The predicted octanol–water partition coefficient (Wildman–Crippen LogP) is 2.72. The van der Waals surface area contributed by atoms with Crippen molar-refractivity contribution in [3.63, 3.8) is 0 Å². The van der Waals surface area contributed by atoms with Crippen LogP contribution >= 0.6 is 28.1 Å². The third-order valence-electron chi connectivity index (χ3n) is 2.76. The number of nitrogens with one attached hydrogen (secondary N) is 3. The van der Waals surface area contributed by atoms with Gasteiger partial charge in [-0.3, -0.25) is 15.6 Å². The molecule has 2 aromatic rings. The number of ether oxygens (including phenoxy) is 1. The first-order valence-corrected chi connectivity index (χ1v) is 8.02. The number of carbonyl (C=O) groups excluding carboxylic acids is 1. The molecule has 0 fully saturated rings. The molecule has 0 aliphatic rings. The van der Waals surface area contributed by atoms with Gasteiger partial charge in [-0.2, -0.15) is 5.26 Å². The highest BCUT2D eigenvalue weighted by molar-refractivity contribution is 9.10. The van der Waals surface area contributed by atoms with Gasteiger partial charge in [0.25, 0.3) is 5.91 Å². The van der Waals surface area contributed by atoms with E-state index in [4.69, 9.17) is 22.2 Å². The quantitative estimate of drug-likeness (QED) is 0.536. The van der Waals surface area contributed by atoms with Crippen LogP contribution in [0, 0.1) is 11.3 Å². The topological polar surface area (TPSA) is 86.2 Å². The first-order valence-electron chi connectivity index (χ1n) is 6.82. The number of hydrogen-bond acceptors (Lipinski definition) is 4. The van der Waals surface area contributed by atoms with Crippen LogP contribution in [-0.2, 0) is 4.79 Å². The highest BCUT2D eigenvalue weighted by Gasteiger charge is 2.06. The van der Waals surface area contributed by atoms with Crippen LogP contribution in [0.25, 0.3) is 0 Å². The molecule has 0 unspecified atom stereocenters. The lowest BCUT2D eigenvalue weighted by molar-refractivity contribution is -0.123. The van der Waals surface area contributed by atoms with Crippen molar-refractivity contribution in [1.29, 1.82) is 5.26 Å². The van der Waals surface area contributed by atoms with E-state index in [0.29, 0.717) is 11.3 Å². The SMILES string of the molecule is N#Cc1ccccc1OCC(=O)NNC(=S)Nc1cccc(Br)c1. The Labute approximate surface area is 152 Å². The average Bonchev–Trinajstić information content (AvgIpc) is 2.58. The lowest BCUT2D eigenvalue weighted by atomic mass is 10.2. The molecule has 0 aromatic heterocycles. The van der Waals surface area contributed by atoms with Gasteiger partial charge >= 0.3 is 0 Å². The Morgan fingerprint density at radius 1 is 1.21 bits per heavy atom. The van der Waals surface area contributed by atoms with Crippen LogP contribution in [0.4, 0.5) is 5.69 Å². The van der Waals surface area contributed by atoms with Gasteiger partial charge in [-0.1, -0.05) is 34.1 Å². The molecule has 0 bridgehead atoms. The Morgan fingerprint density at radius 3 is 2.75 bits per heavy atom. The summed E-state index contributed by atoms with van der Waals surface area (Å²) in [5.74, 6) is -0.0777. The second-order valence-corrected chi connectivity index (χ2v) is 5.86. The molecule has 0 saturated heterocycles. The summed E-state index contributed by atoms with van der Waals surface area (Å²) in [7, 11) is 0. The summed E-state index contributed by atoms with van der Waals surface area (Å²) in [5.41, 5.74) is 6.13. The average molecular weight is 405 g/mol. The number of benzene rings is 2. The summed E-state index contributed by atoms with van der Waals surface area (Å²) in [5, 5.41) is 12.1. The van der Waals surface area contributed by atoms with Crippen molar-refractivity contribution < 1.29 is 9.53 Å². The second kappa shape index (κ2) is 8.86. The van der Waals surface area contributed by atoms with Crippen molar-refractivity contribution in [2.24, 2.45) is 0 Å². The van der Waals surface area contributed by atoms with E-state index in [2.05, 4.69) is 32.1 Å². The monoisotopic (exact) mass is 404 g/mol. The van der Waals surface area contributed by atoms with E-state index in [1.807, 2.05) is 30.3 Å². The van der Waals surface area contributed by atoms with E-state index in [1.165, 1.54) is 0 Å². The van der Waals surface area contributed by atoms with E-state index >= 15 is 0 Å². The minimum Gasteiger partial charge on any atom is -0.482 e. The molecule has 2 aromatic carbocycles. The van der Waals surface area contributed by atoms with Gasteiger partial charge in [-0.15, -0.1) is 0 Å². The fraction of sp³-hybridized carbons (Fsp3) is 0.0625. The van der Waals surface area contributed by atoms with Gasteiger partial charge in [0.05, 0.1) is 5.56 Å². The molecule has 0 heterocycles. The zero-order chi connectivity index (χ0) is 17.4. The molecule has 0 spiro atoms. The summed E-state index contributed by atoms with van der Waals surface area (Å²) < 4.78 is 6.22. The number of rotatable bonds is 4. The Hall–Kier alpha value is -2.63. The van der Waals surface area contributed by atoms with E-state index in [-0.39, 0.29) is 11.7 Å². The van der Waals surface area contributed by atoms with Gasteiger partial charge in [-0.25, -0.2) is 0 Å². The molecule has 6 nitrogen and oxygen atoms in total. The molecule has 122 valence electrons. The highest BCUT2D eigenvalue weighted by Crippen LogP contribution is 2.16. The van der Waals surface area contributed by atoms with Crippen molar-refractivity contribution in [2.75, 3.05) is 11.9 Å². The number of hydrogen-bond donors (Lipinski definition) is 3. The first-order chi connectivity index (χ1) is 11.6. The van der Waals surface area contributed by atoms with Crippen LogP contribution in [0.15, 0.2) is 53.0 Å². The Morgan fingerprint density at radius 2 is 2.00 bits per heavy atom. The van der Waals surface area contributed by atoms with Crippen LogP contribution in [0.5, 0.6) is 5.75 Å². The maximum absolute atomic E-state index is 11.8. The van der Waals surface area contributed by atoms with Crippen LogP contribution < -0.4 is 20.9 Å². The highest BCUT2D eigenvalue weighted by atomic mass is 79.9. The summed E-state index contributed by atoms with van der Waals surface area (Å²) in [6.45, 7) is -0.245. The summed E-state index contributed by atoms with van der Waals surface area (Å²) >= 11 is 8.43. The largest absolute Gasteiger partial charge is 0.482 e. The number of thiocarbonyl (C=S) groups is 1. The maximum atomic E-state index is 11.8. The van der Waals surface area contributed by atoms with Crippen molar-refractivity contribution in [3.05, 3.63) is 58.6 Å². The molecule has 1 amide bonds. The van der Waals surface area contributed by atoms with Crippen LogP contribution in [0.1, 0.15) is 5.56 Å². The van der Waals surface area contributed by atoms with E-state index in [0.717, 1.165) is 10.2 Å². The fourth-order valence-corrected chi connectivity index (χ4v) is 2.29. The molecule has 3 N–H and O–H groups in total. The number of carbonyl (C=O) groups is 1. The van der Waals surface area contributed by atoms with Gasteiger partial charge in [-0.05, 0) is 42.5 Å². The third kappa shape index (κ3) is 5.53. The lowest BCUT2D eigenvalue weighted by Gasteiger charge is -2.12. The molecule has 0 radical (unpaired) electrons. The molecule has 0 aliphatic carbocycles. The lowest BCUT2D eigenvalue weighted by Crippen LogP contribution is -2.45. The van der Waals surface area contributed by atoms with Crippen LogP contribution in [0.3, 0.4) is 0 Å². The van der Waals surface area contributed by atoms with Gasteiger partial charge in [0, 0.05) is 10.2 Å². The van der Waals surface area contributed by atoms with Gasteiger partial charge in [0.15, 0.2) is 11.7 Å². The summed E-state index contributed by atoms with van der Waals surface area (Å²) in [6.07, 6.45) is 0. The summed E-state index contributed by atoms with van der Waals surface area (Å²) in [6, 6.07) is 16.1. The van der Waals surface area contributed by atoms with Crippen molar-refractivity contribution >= 4 is 44.9 Å². The van der Waals surface area contributed by atoms with Crippen molar-refractivity contribution in [3.8, 4) is 11.8 Å². The Balaban J connectivity index is 1.77. The standard InChI is InChI=1S/C16H13BrN4O2S/c17-12-5-3-6-13(8-12)19-16(24)21-20-15(22)10-23-14-7-2-1-4-11(14)9-18/h1-8H,10H2,(H,20,22)(H2,19,21,24). The molecule has 8 heteroatoms. The van der Waals surface area contributed by atoms with Gasteiger partial charge in [0.2, 0.25) is 0 Å². The fourth-order valence-electron chi connectivity index (χ4n) is 1.72. The minimum atomic E-state index is -0.430. The first kappa shape index (κ1) is 17.7. The van der Waals surface area contributed by atoms with E-state index in [9.17, 15) is 4.79 Å². The van der Waals surface area contributed by atoms with E-state index < -0.39 is 5.91 Å². The molecule has 0 saturated carbocycles. The number of para-hydroxylation sites is 1. The molecule has 0 atom stereocenters. The van der Waals surface area contributed by atoms with Gasteiger partial charge < -0.3 is 10.1 Å². The molecule has 24 heavy (non-hydrogen) atoms. The Kier molecular flexibility index (Phi) is 6.54. The second-order valence-electron chi connectivity index (χ2n) is 4.53. The molecule has 2 rings (SSSR count). The van der Waals surface area contributed by atoms with E-state index in [1.54, 1.807) is 24.3 Å². The number of amides is 1. The number of hydrazine groups is 1. The number of nitriles is 1. The Bertz CT molecular complexity index is 792. The molecular weight excluding hydrogens is 392 g/mol.